The molecule has 2 aromatic carbocycles. The van der Waals surface area contributed by atoms with Gasteiger partial charge in [-0.3, -0.25) is 13.9 Å². The van der Waals surface area contributed by atoms with Crippen molar-refractivity contribution in [3.05, 3.63) is 59.7 Å². The third-order valence-electron chi connectivity index (χ3n) is 4.99. The smallest absolute Gasteiger partial charge is 0.253 e. The maximum atomic E-state index is 12.5. The van der Waals surface area contributed by atoms with E-state index in [2.05, 4.69) is 10.6 Å². The van der Waals surface area contributed by atoms with E-state index in [1.807, 2.05) is 32.9 Å². The summed E-state index contributed by atoms with van der Waals surface area (Å²) in [5.74, 6) is -0.518. The molecule has 2 N–H and O–H groups in total. The zero-order valence-electron chi connectivity index (χ0n) is 18.5. The van der Waals surface area contributed by atoms with Crippen LogP contribution in [0.3, 0.4) is 0 Å². The number of sulfonamides is 1. The van der Waals surface area contributed by atoms with Crippen LogP contribution in [0.15, 0.2) is 48.5 Å². The van der Waals surface area contributed by atoms with Crippen molar-refractivity contribution in [2.24, 2.45) is 0 Å². The second-order valence-corrected chi connectivity index (χ2v) is 9.51. The molecule has 8 heteroatoms. The summed E-state index contributed by atoms with van der Waals surface area (Å²) < 4.78 is 25.9. The molecular weight excluding hydrogens is 414 g/mol. The Morgan fingerprint density at radius 1 is 1.06 bits per heavy atom. The quantitative estimate of drug-likeness (QED) is 0.583. The van der Waals surface area contributed by atoms with Crippen molar-refractivity contribution in [2.45, 2.75) is 46.1 Å². The minimum Gasteiger partial charge on any atom is -0.350 e. The lowest BCUT2D eigenvalue weighted by Gasteiger charge is -2.24. The van der Waals surface area contributed by atoms with Gasteiger partial charge < -0.3 is 10.6 Å². The van der Waals surface area contributed by atoms with Gasteiger partial charge in [0.1, 0.15) is 0 Å². The zero-order chi connectivity index (χ0) is 23.0. The summed E-state index contributed by atoms with van der Waals surface area (Å²) in [7, 11) is -3.48. The molecule has 168 valence electrons. The van der Waals surface area contributed by atoms with Gasteiger partial charge in [0.25, 0.3) is 5.91 Å². The highest BCUT2D eigenvalue weighted by Crippen LogP contribution is 2.23. The van der Waals surface area contributed by atoms with Gasteiger partial charge in [-0.05, 0) is 50.5 Å². The number of benzene rings is 2. The van der Waals surface area contributed by atoms with E-state index in [4.69, 9.17) is 0 Å². The second-order valence-electron chi connectivity index (χ2n) is 7.60. The summed E-state index contributed by atoms with van der Waals surface area (Å²) in [6, 6.07) is 14.1. The summed E-state index contributed by atoms with van der Waals surface area (Å²) in [4.78, 5) is 25.0. The fourth-order valence-electron chi connectivity index (χ4n) is 3.10. The van der Waals surface area contributed by atoms with Crippen molar-refractivity contribution in [1.82, 2.24) is 5.32 Å². The van der Waals surface area contributed by atoms with Crippen molar-refractivity contribution >= 4 is 33.2 Å². The molecule has 0 aliphatic rings. The van der Waals surface area contributed by atoms with E-state index < -0.39 is 10.0 Å². The summed E-state index contributed by atoms with van der Waals surface area (Å²) >= 11 is 0. The first-order valence-electron chi connectivity index (χ1n) is 10.4. The molecule has 0 aliphatic carbocycles. The SMILES string of the molecule is CCC(C)NC(=O)c1ccccc1NC(=O)CCCN(c1ccccc1C)S(C)(=O)=O. The molecule has 0 saturated carbocycles. The number of rotatable bonds is 10. The molecule has 2 aromatic rings. The van der Waals surface area contributed by atoms with Crippen LogP contribution in [0.2, 0.25) is 0 Å². The zero-order valence-corrected chi connectivity index (χ0v) is 19.3. The number of carbonyl (C=O) groups excluding carboxylic acids is 2. The van der Waals surface area contributed by atoms with Gasteiger partial charge in [-0.25, -0.2) is 8.42 Å². The molecule has 2 amide bonds. The van der Waals surface area contributed by atoms with Crippen LogP contribution in [-0.4, -0.2) is 39.1 Å². The van der Waals surface area contributed by atoms with E-state index in [0.29, 0.717) is 23.4 Å². The van der Waals surface area contributed by atoms with Gasteiger partial charge in [-0.2, -0.15) is 0 Å². The normalized spacial score (nSPS) is 12.1. The Labute approximate surface area is 184 Å². The molecule has 0 heterocycles. The highest BCUT2D eigenvalue weighted by molar-refractivity contribution is 7.92. The number of nitrogens with zero attached hydrogens (tertiary/aromatic N) is 1. The largest absolute Gasteiger partial charge is 0.350 e. The summed E-state index contributed by atoms with van der Waals surface area (Å²) in [6.07, 6.45) is 2.43. The van der Waals surface area contributed by atoms with Crippen molar-refractivity contribution in [1.29, 1.82) is 0 Å². The average Bonchev–Trinajstić information content (AvgIpc) is 2.71. The van der Waals surface area contributed by atoms with E-state index in [1.165, 1.54) is 4.31 Å². The Hall–Kier alpha value is -2.87. The molecule has 0 radical (unpaired) electrons. The fraction of sp³-hybridized carbons (Fsp3) is 0.391. The number of aryl methyl sites for hydroxylation is 1. The minimum absolute atomic E-state index is 0.0275. The van der Waals surface area contributed by atoms with E-state index in [9.17, 15) is 18.0 Å². The van der Waals surface area contributed by atoms with Crippen LogP contribution in [0.1, 0.15) is 49.0 Å². The van der Waals surface area contributed by atoms with E-state index >= 15 is 0 Å². The number of para-hydroxylation sites is 2. The van der Waals surface area contributed by atoms with Gasteiger partial charge >= 0.3 is 0 Å². The summed E-state index contributed by atoms with van der Waals surface area (Å²) in [5.41, 5.74) is 2.29. The Kier molecular flexibility index (Phi) is 8.62. The average molecular weight is 446 g/mol. The van der Waals surface area contributed by atoms with Gasteiger partial charge in [-0.15, -0.1) is 0 Å². The molecule has 1 unspecified atom stereocenters. The third kappa shape index (κ3) is 7.10. The van der Waals surface area contributed by atoms with E-state index in [-0.39, 0.29) is 30.8 Å². The maximum Gasteiger partial charge on any atom is 0.253 e. The van der Waals surface area contributed by atoms with Gasteiger partial charge in [-0.1, -0.05) is 37.3 Å². The molecule has 0 bridgehead atoms. The van der Waals surface area contributed by atoms with Gasteiger partial charge in [0.15, 0.2) is 0 Å². The second kappa shape index (κ2) is 10.9. The predicted molar refractivity (Wildman–Crippen MR) is 125 cm³/mol. The van der Waals surface area contributed by atoms with Crippen molar-refractivity contribution in [3.63, 3.8) is 0 Å². The van der Waals surface area contributed by atoms with Crippen LogP contribution in [0.4, 0.5) is 11.4 Å². The fourth-order valence-corrected chi connectivity index (χ4v) is 4.12. The lowest BCUT2D eigenvalue weighted by molar-refractivity contribution is -0.116. The molecule has 7 nitrogen and oxygen atoms in total. The molecule has 0 saturated heterocycles. The van der Waals surface area contributed by atoms with Crippen molar-refractivity contribution in [3.8, 4) is 0 Å². The van der Waals surface area contributed by atoms with Crippen LogP contribution in [-0.2, 0) is 14.8 Å². The lowest BCUT2D eigenvalue weighted by atomic mass is 10.1. The molecule has 0 aliphatic heterocycles. The maximum absolute atomic E-state index is 12.5. The summed E-state index contributed by atoms with van der Waals surface area (Å²) in [5, 5.41) is 5.67. The van der Waals surface area contributed by atoms with E-state index in [0.717, 1.165) is 18.2 Å². The monoisotopic (exact) mass is 445 g/mol. The van der Waals surface area contributed by atoms with Crippen LogP contribution >= 0.6 is 0 Å². The number of nitrogens with one attached hydrogen (secondary N) is 2. The number of amides is 2. The molecule has 0 spiro atoms. The highest BCUT2D eigenvalue weighted by atomic mass is 32.2. The molecule has 0 fully saturated rings. The number of anilines is 2. The highest BCUT2D eigenvalue weighted by Gasteiger charge is 2.19. The molecule has 31 heavy (non-hydrogen) atoms. The summed E-state index contributed by atoms with van der Waals surface area (Å²) in [6.45, 7) is 5.94. The predicted octanol–water partition coefficient (Wildman–Crippen LogP) is 3.71. The van der Waals surface area contributed by atoms with Crippen molar-refractivity contribution in [2.75, 3.05) is 22.4 Å². The van der Waals surface area contributed by atoms with Gasteiger partial charge in [0.05, 0.1) is 23.2 Å². The first-order chi connectivity index (χ1) is 14.6. The Morgan fingerprint density at radius 2 is 1.71 bits per heavy atom. The topological polar surface area (TPSA) is 95.6 Å². The van der Waals surface area contributed by atoms with Crippen LogP contribution in [0, 0.1) is 6.92 Å². The van der Waals surface area contributed by atoms with Crippen LogP contribution < -0.4 is 14.9 Å². The molecule has 0 aromatic heterocycles. The number of hydrogen-bond acceptors (Lipinski definition) is 4. The van der Waals surface area contributed by atoms with Gasteiger partial charge in [0.2, 0.25) is 15.9 Å². The van der Waals surface area contributed by atoms with Crippen LogP contribution in [0.25, 0.3) is 0 Å². The van der Waals surface area contributed by atoms with Gasteiger partial charge in [0, 0.05) is 19.0 Å². The molecule has 1 atom stereocenters. The lowest BCUT2D eigenvalue weighted by Crippen LogP contribution is -2.33. The Balaban J connectivity index is 2.02. The Bertz CT molecular complexity index is 1020. The third-order valence-corrected chi connectivity index (χ3v) is 6.17. The number of carbonyl (C=O) groups is 2. The first-order valence-corrected chi connectivity index (χ1v) is 12.2. The minimum atomic E-state index is -3.48. The first kappa shape index (κ1) is 24.4. The molecule has 2 rings (SSSR count). The van der Waals surface area contributed by atoms with E-state index in [1.54, 1.807) is 36.4 Å². The molecular formula is C23H31N3O4S. The standard InChI is InChI=1S/C23H31N3O4S/c1-5-18(3)24-23(28)19-12-7-8-13-20(19)25-22(27)15-10-16-26(31(4,29)30)21-14-9-6-11-17(21)2/h6-9,11-14,18H,5,10,15-16H2,1-4H3,(H,24,28)(H,25,27). The Morgan fingerprint density at radius 3 is 2.35 bits per heavy atom. The number of hydrogen-bond donors (Lipinski definition) is 2. The van der Waals surface area contributed by atoms with Crippen LogP contribution in [0.5, 0.6) is 0 Å². The van der Waals surface area contributed by atoms with Crippen molar-refractivity contribution < 1.29 is 18.0 Å².